The molecule has 0 radical (unpaired) electrons. The predicted molar refractivity (Wildman–Crippen MR) is 71.0 cm³/mol. The van der Waals surface area contributed by atoms with Crippen molar-refractivity contribution >= 4 is 15.8 Å². The average Bonchev–Trinajstić information content (AvgIpc) is 2.62. The van der Waals surface area contributed by atoms with Crippen LogP contribution in [-0.2, 0) is 16.6 Å². The van der Waals surface area contributed by atoms with Crippen LogP contribution >= 0.6 is 0 Å². The summed E-state index contributed by atoms with van der Waals surface area (Å²) in [6, 6.07) is 9.74. The molecule has 6 heteroatoms. The first-order valence-electron chi connectivity index (χ1n) is 5.49. The highest BCUT2D eigenvalue weighted by Gasteiger charge is 2.05. The Kier molecular flexibility index (Phi) is 3.38. The van der Waals surface area contributed by atoms with Crippen LogP contribution in [0.3, 0.4) is 0 Å². The summed E-state index contributed by atoms with van der Waals surface area (Å²) in [6.07, 6.45) is 2.85. The van der Waals surface area contributed by atoms with Crippen molar-refractivity contribution in [3.63, 3.8) is 0 Å². The van der Waals surface area contributed by atoms with Gasteiger partial charge in [0.25, 0.3) is 0 Å². The van der Waals surface area contributed by atoms with E-state index in [4.69, 9.17) is 0 Å². The topological polar surface area (TPSA) is 64.0 Å². The van der Waals surface area contributed by atoms with Gasteiger partial charge in [-0.25, -0.2) is 8.42 Å². The van der Waals surface area contributed by atoms with Gasteiger partial charge in [0.2, 0.25) is 10.0 Å². The van der Waals surface area contributed by atoms with Gasteiger partial charge in [-0.2, -0.15) is 5.10 Å². The highest BCUT2D eigenvalue weighted by Crippen LogP contribution is 2.09. The minimum atomic E-state index is -3.27. The minimum Gasteiger partial charge on any atom is -0.266 e. The molecule has 1 aromatic heterocycles. The number of hydrogen-bond donors (Lipinski definition) is 1. The van der Waals surface area contributed by atoms with Gasteiger partial charge in [0, 0.05) is 12.3 Å². The molecule has 0 bridgehead atoms. The molecule has 96 valence electrons. The Bertz CT molecular complexity index is 647. The molecule has 2 rings (SSSR count). The standard InChI is InChI=1S/C12H15N3O2S/c1-10-4-3-5-11(8-10)9-15-7-6-12(13-15)14-18(2,16)17/h3-8H,9H2,1-2H3,(H,13,14). The Balaban J connectivity index is 2.12. The first-order valence-corrected chi connectivity index (χ1v) is 7.38. The van der Waals surface area contributed by atoms with Crippen molar-refractivity contribution in [1.82, 2.24) is 9.78 Å². The second-order valence-corrected chi connectivity index (χ2v) is 6.01. The molecule has 0 aliphatic rings. The molecule has 1 heterocycles. The normalized spacial score (nSPS) is 11.4. The Labute approximate surface area is 107 Å². The van der Waals surface area contributed by atoms with Gasteiger partial charge in [-0.1, -0.05) is 29.8 Å². The van der Waals surface area contributed by atoms with Gasteiger partial charge in [0.05, 0.1) is 12.8 Å². The van der Waals surface area contributed by atoms with Gasteiger partial charge in [-0.3, -0.25) is 9.40 Å². The third kappa shape index (κ3) is 3.59. The van der Waals surface area contributed by atoms with Gasteiger partial charge in [-0.05, 0) is 12.5 Å². The lowest BCUT2D eigenvalue weighted by atomic mass is 10.1. The zero-order chi connectivity index (χ0) is 13.2. The average molecular weight is 265 g/mol. The van der Waals surface area contributed by atoms with Crippen molar-refractivity contribution in [3.8, 4) is 0 Å². The van der Waals surface area contributed by atoms with Crippen molar-refractivity contribution in [2.75, 3.05) is 11.0 Å². The van der Waals surface area contributed by atoms with E-state index in [1.54, 1.807) is 16.9 Å². The van der Waals surface area contributed by atoms with Gasteiger partial charge in [0.1, 0.15) is 0 Å². The lowest BCUT2D eigenvalue weighted by Crippen LogP contribution is -2.10. The summed E-state index contributed by atoms with van der Waals surface area (Å²) in [5.41, 5.74) is 2.32. The van der Waals surface area contributed by atoms with Gasteiger partial charge < -0.3 is 0 Å². The first-order chi connectivity index (χ1) is 8.42. The van der Waals surface area contributed by atoms with E-state index in [-0.39, 0.29) is 0 Å². The number of sulfonamides is 1. The molecular weight excluding hydrogens is 250 g/mol. The molecule has 0 atom stereocenters. The number of nitrogens with one attached hydrogen (secondary N) is 1. The SMILES string of the molecule is Cc1cccc(Cn2ccc(NS(C)(=O)=O)n2)c1. The first kappa shape index (κ1) is 12.6. The van der Waals surface area contributed by atoms with Crippen LogP contribution in [0.25, 0.3) is 0 Å². The van der Waals surface area contributed by atoms with Crippen LogP contribution in [0.5, 0.6) is 0 Å². The van der Waals surface area contributed by atoms with Crippen molar-refractivity contribution in [2.45, 2.75) is 13.5 Å². The van der Waals surface area contributed by atoms with E-state index in [0.717, 1.165) is 11.8 Å². The lowest BCUT2D eigenvalue weighted by Gasteiger charge is -2.03. The van der Waals surface area contributed by atoms with Crippen molar-refractivity contribution < 1.29 is 8.42 Å². The van der Waals surface area contributed by atoms with Gasteiger partial charge in [-0.15, -0.1) is 0 Å². The Morgan fingerprint density at radius 1 is 1.33 bits per heavy atom. The number of aryl methyl sites for hydroxylation is 1. The molecule has 0 aliphatic carbocycles. The van der Waals surface area contributed by atoms with Crippen LogP contribution in [-0.4, -0.2) is 24.5 Å². The molecule has 5 nitrogen and oxygen atoms in total. The summed E-state index contributed by atoms with van der Waals surface area (Å²) in [6.45, 7) is 2.65. The minimum absolute atomic E-state index is 0.338. The van der Waals surface area contributed by atoms with Crippen LogP contribution in [0, 0.1) is 6.92 Å². The smallest absolute Gasteiger partial charge is 0.231 e. The van der Waals surface area contributed by atoms with Crippen molar-refractivity contribution in [3.05, 3.63) is 47.7 Å². The Hall–Kier alpha value is -1.82. The third-order valence-corrected chi connectivity index (χ3v) is 2.94. The largest absolute Gasteiger partial charge is 0.266 e. The van der Waals surface area contributed by atoms with E-state index in [1.807, 2.05) is 25.1 Å². The molecule has 2 aromatic rings. The van der Waals surface area contributed by atoms with E-state index in [0.29, 0.717) is 12.4 Å². The number of rotatable bonds is 4. The molecule has 1 N–H and O–H groups in total. The van der Waals surface area contributed by atoms with Crippen molar-refractivity contribution in [2.24, 2.45) is 0 Å². The summed E-state index contributed by atoms with van der Waals surface area (Å²) >= 11 is 0. The molecule has 0 spiro atoms. The summed E-state index contributed by atoms with van der Waals surface area (Å²) in [5.74, 6) is 0.338. The number of nitrogens with zero attached hydrogens (tertiary/aromatic N) is 2. The second-order valence-electron chi connectivity index (χ2n) is 4.26. The monoisotopic (exact) mass is 265 g/mol. The molecule has 0 saturated carbocycles. The van der Waals surface area contributed by atoms with Crippen LogP contribution < -0.4 is 4.72 Å². The van der Waals surface area contributed by atoms with Crippen LogP contribution in [0.15, 0.2) is 36.5 Å². The zero-order valence-corrected chi connectivity index (χ0v) is 11.1. The molecular formula is C12H15N3O2S. The maximum absolute atomic E-state index is 11.1. The molecule has 18 heavy (non-hydrogen) atoms. The number of benzene rings is 1. The molecule has 1 aromatic carbocycles. The van der Waals surface area contributed by atoms with Gasteiger partial charge >= 0.3 is 0 Å². The Morgan fingerprint density at radius 3 is 2.78 bits per heavy atom. The van der Waals surface area contributed by atoms with Crippen molar-refractivity contribution in [1.29, 1.82) is 0 Å². The maximum Gasteiger partial charge on any atom is 0.231 e. The fourth-order valence-electron chi connectivity index (χ4n) is 1.69. The van der Waals surface area contributed by atoms with E-state index in [1.165, 1.54) is 5.56 Å². The summed E-state index contributed by atoms with van der Waals surface area (Å²) in [5, 5.41) is 4.15. The molecule has 0 saturated heterocycles. The predicted octanol–water partition coefficient (Wildman–Crippen LogP) is 1.61. The highest BCUT2D eigenvalue weighted by atomic mass is 32.2. The number of hydrogen-bond acceptors (Lipinski definition) is 3. The van der Waals surface area contributed by atoms with Crippen LogP contribution in [0.4, 0.5) is 5.82 Å². The third-order valence-electron chi connectivity index (χ3n) is 2.36. The highest BCUT2D eigenvalue weighted by molar-refractivity contribution is 7.92. The molecule has 0 fully saturated rings. The van der Waals surface area contributed by atoms with Crippen LogP contribution in [0.2, 0.25) is 0 Å². The fraction of sp³-hybridized carbons (Fsp3) is 0.250. The number of aromatic nitrogens is 2. The zero-order valence-electron chi connectivity index (χ0n) is 10.3. The molecule has 0 unspecified atom stereocenters. The van der Waals surface area contributed by atoms with E-state index in [9.17, 15) is 8.42 Å². The van der Waals surface area contributed by atoms with E-state index in [2.05, 4.69) is 15.9 Å². The summed E-state index contributed by atoms with van der Waals surface area (Å²) in [4.78, 5) is 0. The Morgan fingerprint density at radius 2 is 2.11 bits per heavy atom. The summed E-state index contributed by atoms with van der Waals surface area (Å²) in [7, 11) is -3.27. The van der Waals surface area contributed by atoms with Crippen LogP contribution in [0.1, 0.15) is 11.1 Å². The van der Waals surface area contributed by atoms with Gasteiger partial charge in [0.15, 0.2) is 5.82 Å². The quantitative estimate of drug-likeness (QED) is 0.913. The van der Waals surface area contributed by atoms with E-state index >= 15 is 0 Å². The summed E-state index contributed by atoms with van der Waals surface area (Å²) < 4.78 is 26.1. The second kappa shape index (κ2) is 4.81. The lowest BCUT2D eigenvalue weighted by molar-refractivity contribution is 0.606. The molecule has 0 aliphatic heterocycles. The molecule has 0 amide bonds. The maximum atomic E-state index is 11.1. The fourth-order valence-corrected chi connectivity index (χ4v) is 2.18. The number of anilines is 1. The van der Waals surface area contributed by atoms with E-state index < -0.39 is 10.0 Å².